The van der Waals surface area contributed by atoms with E-state index in [9.17, 15) is 0 Å². The van der Waals surface area contributed by atoms with Gasteiger partial charge in [0.05, 0.1) is 20.0 Å². The molecule has 8 nitrogen and oxygen atoms in total. The second-order valence-electron chi connectivity index (χ2n) is 7.79. The number of anilines is 1. The molecule has 0 aliphatic carbocycles. The molecule has 1 N–H and O–H groups in total. The Balaban J connectivity index is 1.62. The number of hydrogen-bond acceptors (Lipinski definition) is 7. The van der Waals surface area contributed by atoms with Crippen molar-refractivity contribution < 1.29 is 9.47 Å². The van der Waals surface area contributed by atoms with E-state index in [1.54, 1.807) is 25.8 Å². The zero-order valence-electron chi connectivity index (χ0n) is 18.9. The minimum atomic E-state index is 0.236. The van der Waals surface area contributed by atoms with Gasteiger partial charge in [0, 0.05) is 24.9 Å². The molecule has 4 rings (SSSR count). The number of fused-ring (bicyclic) bond motifs is 1. The van der Waals surface area contributed by atoms with Crippen LogP contribution in [0.15, 0.2) is 49.1 Å². The zero-order chi connectivity index (χ0) is 22.5. The molecule has 0 saturated carbocycles. The third kappa shape index (κ3) is 4.64. The Bertz CT molecular complexity index is 1140. The topological polar surface area (TPSA) is 87.0 Å². The van der Waals surface area contributed by atoms with Crippen LogP contribution >= 0.6 is 0 Å². The van der Waals surface area contributed by atoms with Crippen LogP contribution in [0.3, 0.4) is 0 Å². The molecule has 2 aliphatic heterocycles. The van der Waals surface area contributed by atoms with Crippen molar-refractivity contribution in [3.63, 3.8) is 0 Å². The van der Waals surface area contributed by atoms with Crippen molar-refractivity contribution >= 4 is 5.82 Å². The Hall–Kier alpha value is -3.68. The normalized spacial score (nSPS) is 11.2. The number of pyridine rings is 1. The molecule has 1 aromatic carbocycles. The van der Waals surface area contributed by atoms with E-state index < -0.39 is 0 Å². The van der Waals surface area contributed by atoms with Crippen molar-refractivity contribution in [2.75, 3.05) is 19.0 Å². The van der Waals surface area contributed by atoms with Crippen LogP contribution in [0.25, 0.3) is 11.5 Å². The number of nitrogens with one attached hydrogen (secondary N) is 1. The summed E-state index contributed by atoms with van der Waals surface area (Å²) in [6.45, 7) is 8.02. The highest BCUT2D eigenvalue weighted by molar-refractivity contribution is 5.67. The zero-order valence-corrected chi connectivity index (χ0v) is 18.9. The summed E-state index contributed by atoms with van der Waals surface area (Å²) in [6.07, 6.45) is 5.32. The van der Waals surface area contributed by atoms with Crippen LogP contribution in [0, 0.1) is 0 Å². The summed E-state index contributed by atoms with van der Waals surface area (Å²) in [4.78, 5) is 18.2. The van der Waals surface area contributed by atoms with Crippen molar-refractivity contribution in [2.24, 2.45) is 0 Å². The van der Waals surface area contributed by atoms with Gasteiger partial charge in [-0.25, -0.2) is 15.0 Å². The molecule has 0 atom stereocenters. The van der Waals surface area contributed by atoms with E-state index in [4.69, 9.17) is 19.4 Å². The van der Waals surface area contributed by atoms with Crippen LogP contribution < -0.4 is 14.8 Å². The Morgan fingerprint density at radius 2 is 1.84 bits per heavy atom. The molecule has 166 valence electrons. The van der Waals surface area contributed by atoms with E-state index in [2.05, 4.69) is 29.1 Å². The number of aromatic nitrogens is 5. The maximum atomic E-state index is 6.05. The lowest BCUT2D eigenvalue weighted by molar-refractivity contribution is 0.284. The molecule has 8 heteroatoms. The summed E-state index contributed by atoms with van der Waals surface area (Å²) in [6, 6.07) is 9.80. The molecule has 0 saturated heterocycles. The van der Waals surface area contributed by atoms with E-state index >= 15 is 0 Å². The monoisotopic (exact) mass is 432 g/mol. The fourth-order valence-corrected chi connectivity index (χ4v) is 3.39. The van der Waals surface area contributed by atoms with E-state index in [1.807, 2.05) is 41.8 Å². The summed E-state index contributed by atoms with van der Waals surface area (Å²) in [5.41, 5.74) is 2.88. The summed E-state index contributed by atoms with van der Waals surface area (Å²) >= 11 is 0. The quantitative estimate of drug-likeness (QED) is 0.420. The molecule has 2 aromatic rings. The van der Waals surface area contributed by atoms with Gasteiger partial charge in [-0.3, -0.25) is 4.98 Å². The lowest BCUT2D eigenvalue weighted by Crippen LogP contribution is -2.11. The fourth-order valence-electron chi connectivity index (χ4n) is 3.39. The van der Waals surface area contributed by atoms with Crippen LogP contribution in [-0.4, -0.2) is 38.2 Å². The van der Waals surface area contributed by atoms with Gasteiger partial charge in [0.2, 0.25) is 0 Å². The van der Waals surface area contributed by atoms with E-state index in [0.29, 0.717) is 24.7 Å². The second kappa shape index (κ2) is 9.64. The molecule has 3 heterocycles. The van der Waals surface area contributed by atoms with Gasteiger partial charge in [0.25, 0.3) is 0 Å². The molecule has 2 aliphatic rings. The number of nitrogens with zero attached hydrogens (tertiary/aromatic N) is 5. The van der Waals surface area contributed by atoms with E-state index in [-0.39, 0.29) is 5.92 Å². The number of imidazole rings is 1. The van der Waals surface area contributed by atoms with Crippen LogP contribution in [0.5, 0.6) is 11.5 Å². The third-order valence-electron chi connectivity index (χ3n) is 5.07. The number of ether oxygens (including phenoxy) is 2. The van der Waals surface area contributed by atoms with Crippen molar-refractivity contribution in [1.29, 1.82) is 0 Å². The highest BCUT2D eigenvalue weighted by atomic mass is 16.5. The Morgan fingerprint density at radius 3 is 2.56 bits per heavy atom. The standard InChI is InChI=1S/C24H28N6O2/c1-5-26-23-21-24(29-22(28-21)16(2)3)30(15-27-23)13-18-6-7-19(31-4)20(12-18)32-14-17-8-10-25-11-9-17/h6-12,15-16,26H,5,13-14H2,1-4H3. The minimum absolute atomic E-state index is 0.236. The first-order valence-electron chi connectivity index (χ1n) is 10.7. The first kappa shape index (κ1) is 21.5. The predicted molar refractivity (Wildman–Crippen MR) is 123 cm³/mol. The molecule has 0 radical (unpaired) electrons. The summed E-state index contributed by atoms with van der Waals surface area (Å²) in [5.74, 6) is 4.00. The molecular weight excluding hydrogens is 404 g/mol. The number of methoxy groups -OCH3 is 1. The van der Waals surface area contributed by atoms with E-state index in [1.165, 1.54) is 0 Å². The molecular formula is C24H28N6O2. The number of rotatable bonds is 9. The molecule has 0 amide bonds. The lowest BCUT2D eigenvalue weighted by atomic mass is 10.2. The van der Waals surface area contributed by atoms with Gasteiger partial charge in [0.1, 0.15) is 12.4 Å². The molecule has 0 spiro atoms. The van der Waals surface area contributed by atoms with E-state index in [0.717, 1.165) is 40.8 Å². The van der Waals surface area contributed by atoms with Gasteiger partial charge >= 0.3 is 0 Å². The highest BCUT2D eigenvalue weighted by Gasteiger charge is 2.21. The second-order valence-corrected chi connectivity index (χ2v) is 7.79. The Kier molecular flexibility index (Phi) is 6.49. The van der Waals surface area contributed by atoms with Crippen molar-refractivity contribution in [3.8, 4) is 23.0 Å². The Morgan fingerprint density at radius 1 is 1.03 bits per heavy atom. The smallest absolute Gasteiger partial charge is 0.166 e. The van der Waals surface area contributed by atoms with Gasteiger partial charge in [-0.15, -0.1) is 0 Å². The highest BCUT2D eigenvalue weighted by Crippen LogP contribution is 2.31. The Labute approximate surface area is 188 Å². The predicted octanol–water partition coefficient (Wildman–Crippen LogP) is 4.36. The van der Waals surface area contributed by atoms with Crippen LogP contribution in [0.1, 0.15) is 43.6 Å². The minimum Gasteiger partial charge on any atom is -0.493 e. The van der Waals surface area contributed by atoms with Gasteiger partial charge in [-0.05, 0) is 42.3 Å². The van der Waals surface area contributed by atoms with Crippen molar-refractivity contribution in [3.05, 3.63) is 66.0 Å². The first-order valence-corrected chi connectivity index (χ1v) is 10.7. The fraction of sp³-hybridized carbons (Fsp3) is 0.333. The maximum Gasteiger partial charge on any atom is 0.166 e. The van der Waals surface area contributed by atoms with Crippen molar-refractivity contribution in [2.45, 2.75) is 39.8 Å². The molecule has 0 bridgehead atoms. The summed E-state index contributed by atoms with van der Waals surface area (Å²) < 4.78 is 13.6. The molecule has 32 heavy (non-hydrogen) atoms. The first-order chi connectivity index (χ1) is 15.6. The SMILES string of the molecule is CCNc1ncn(Cc2ccc(OC)c(OCc3ccncc3)c2)c2nc(C(C)C)nc1-2. The average molecular weight is 433 g/mol. The van der Waals surface area contributed by atoms with Gasteiger partial charge in [0.15, 0.2) is 28.8 Å². The lowest BCUT2D eigenvalue weighted by Gasteiger charge is -2.15. The number of benzene rings is 1. The van der Waals surface area contributed by atoms with Gasteiger partial charge < -0.3 is 19.4 Å². The molecule has 0 unspecified atom stereocenters. The maximum absolute atomic E-state index is 6.05. The van der Waals surface area contributed by atoms with Crippen LogP contribution in [-0.2, 0) is 13.2 Å². The average Bonchev–Trinajstić information content (AvgIpc) is 3.27. The number of hydrogen-bond donors (Lipinski definition) is 1. The van der Waals surface area contributed by atoms with Gasteiger partial charge in [-0.2, -0.15) is 0 Å². The summed E-state index contributed by atoms with van der Waals surface area (Å²) in [5, 5.41) is 3.28. The summed E-state index contributed by atoms with van der Waals surface area (Å²) in [7, 11) is 1.64. The van der Waals surface area contributed by atoms with Gasteiger partial charge in [-0.1, -0.05) is 19.9 Å². The largest absolute Gasteiger partial charge is 0.493 e. The molecule has 0 fully saturated rings. The third-order valence-corrected chi connectivity index (χ3v) is 5.07. The molecule has 1 aromatic heterocycles. The van der Waals surface area contributed by atoms with Crippen LogP contribution in [0.2, 0.25) is 0 Å². The van der Waals surface area contributed by atoms with Crippen LogP contribution in [0.4, 0.5) is 5.82 Å². The van der Waals surface area contributed by atoms with Crippen molar-refractivity contribution in [1.82, 2.24) is 24.5 Å².